The summed E-state index contributed by atoms with van der Waals surface area (Å²) in [5.41, 5.74) is 5.62. The lowest BCUT2D eigenvalue weighted by molar-refractivity contribution is 0.200. The molecule has 1 aromatic carbocycles. The first-order valence-corrected chi connectivity index (χ1v) is 7.71. The van der Waals surface area contributed by atoms with Crippen molar-refractivity contribution in [2.75, 3.05) is 18.8 Å². The van der Waals surface area contributed by atoms with Crippen molar-refractivity contribution in [1.82, 2.24) is 9.84 Å². The summed E-state index contributed by atoms with van der Waals surface area (Å²) in [6, 6.07) is 2.30. The number of hydrazine groups is 1. The molecule has 3 N–H and O–H groups in total. The van der Waals surface area contributed by atoms with Crippen LogP contribution in [0.3, 0.4) is 0 Å². The molecular weight excluding hydrogens is 269 g/mol. The molecule has 0 unspecified atom stereocenters. The van der Waals surface area contributed by atoms with E-state index in [1.165, 1.54) is 0 Å². The topological polar surface area (TPSA) is 75.4 Å². The zero-order chi connectivity index (χ0) is 14.0. The number of rotatable bonds is 3. The predicted octanol–water partition coefficient (Wildman–Crippen LogP) is 1.40. The van der Waals surface area contributed by atoms with Crippen LogP contribution in [0.1, 0.15) is 24.8 Å². The van der Waals surface area contributed by atoms with Crippen LogP contribution in [0.15, 0.2) is 17.0 Å². The van der Waals surface area contributed by atoms with E-state index in [-0.39, 0.29) is 10.6 Å². The van der Waals surface area contributed by atoms with E-state index in [0.29, 0.717) is 18.7 Å². The quantitative estimate of drug-likeness (QED) is 0.824. The summed E-state index contributed by atoms with van der Waals surface area (Å²) in [4.78, 5) is 2.55. The molecule has 2 rings (SSSR count). The average Bonchev–Trinajstić information content (AvgIpc) is 2.34. The molecule has 1 heterocycles. The molecule has 1 aromatic rings. The first-order valence-electron chi connectivity index (χ1n) is 6.23. The average molecular weight is 287 g/mol. The molecule has 0 bridgehead atoms. The summed E-state index contributed by atoms with van der Waals surface area (Å²) < 4.78 is 37.8. The molecule has 1 saturated heterocycles. The Morgan fingerprint density at radius 1 is 1.26 bits per heavy atom. The first kappa shape index (κ1) is 14.2. The van der Waals surface area contributed by atoms with Crippen molar-refractivity contribution < 1.29 is 12.8 Å². The first-order chi connectivity index (χ1) is 8.90. The zero-order valence-corrected chi connectivity index (χ0v) is 11.6. The highest BCUT2D eigenvalue weighted by Crippen LogP contribution is 2.22. The maximum Gasteiger partial charge on any atom is 0.253 e. The maximum absolute atomic E-state index is 13.3. The number of aryl methyl sites for hydroxylation is 1. The molecular formula is C12H18FN3O2S. The number of hydrogen-bond acceptors (Lipinski definition) is 4. The van der Waals surface area contributed by atoms with E-state index in [1.54, 1.807) is 11.9 Å². The fourth-order valence-electron chi connectivity index (χ4n) is 2.16. The molecule has 0 radical (unpaired) electrons. The van der Waals surface area contributed by atoms with Crippen LogP contribution in [0.25, 0.3) is 0 Å². The van der Waals surface area contributed by atoms with Crippen LogP contribution in [-0.2, 0) is 10.0 Å². The lowest BCUT2D eigenvalue weighted by atomic mass is 10.2. The van der Waals surface area contributed by atoms with Crippen molar-refractivity contribution in [3.63, 3.8) is 0 Å². The van der Waals surface area contributed by atoms with Crippen molar-refractivity contribution in [3.8, 4) is 0 Å². The van der Waals surface area contributed by atoms with Crippen molar-refractivity contribution in [2.45, 2.75) is 31.1 Å². The van der Waals surface area contributed by atoms with Gasteiger partial charge in [-0.05, 0) is 37.5 Å². The van der Waals surface area contributed by atoms with Gasteiger partial charge in [0.15, 0.2) is 0 Å². The fourth-order valence-corrected chi connectivity index (χ4v) is 3.55. The van der Waals surface area contributed by atoms with E-state index in [9.17, 15) is 12.8 Å². The van der Waals surface area contributed by atoms with Gasteiger partial charge in [0.1, 0.15) is 5.82 Å². The van der Waals surface area contributed by atoms with E-state index in [1.807, 2.05) is 0 Å². The number of nitrogens with zero attached hydrogens (tertiary/aromatic N) is 1. The molecule has 106 valence electrons. The number of benzene rings is 1. The van der Waals surface area contributed by atoms with Gasteiger partial charge in [-0.2, -0.15) is 0 Å². The minimum atomic E-state index is -3.70. The molecule has 1 fully saturated rings. The summed E-state index contributed by atoms with van der Waals surface area (Å²) in [5, 5.41) is 1.68. The monoisotopic (exact) mass is 287 g/mol. The molecule has 0 amide bonds. The van der Waals surface area contributed by atoms with Gasteiger partial charge >= 0.3 is 0 Å². The molecule has 1 aliphatic rings. The van der Waals surface area contributed by atoms with Crippen LogP contribution >= 0.6 is 0 Å². The third-order valence-corrected chi connectivity index (χ3v) is 4.71. The van der Waals surface area contributed by atoms with Crippen LogP contribution < -0.4 is 10.6 Å². The third-order valence-electron chi connectivity index (χ3n) is 3.19. The van der Waals surface area contributed by atoms with Gasteiger partial charge in [0.25, 0.3) is 10.0 Å². The van der Waals surface area contributed by atoms with Crippen LogP contribution in [0.2, 0.25) is 0 Å². The molecule has 5 nitrogen and oxygen atoms in total. The Balaban J connectivity index is 2.26. The standard InChI is InChI=1S/C12H18FN3O2S/c1-9-7-10(13)11(14)8-12(9)19(17,18)15-16-5-3-2-4-6-16/h7-8,15H,2-6,14H2,1H3. The van der Waals surface area contributed by atoms with E-state index < -0.39 is 15.8 Å². The molecule has 7 heteroatoms. The SMILES string of the molecule is Cc1cc(F)c(N)cc1S(=O)(=O)NN1CCCCC1. The Morgan fingerprint density at radius 2 is 1.89 bits per heavy atom. The van der Waals surface area contributed by atoms with Crippen LogP contribution in [0.5, 0.6) is 0 Å². The van der Waals surface area contributed by atoms with Gasteiger partial charge in [0, 0.05) is 13.1 Å². The number of anilines is 1. The number of sulfonamides is 1. The molecule has 0 atom stereocenters. The van der Waals surface area contributed by atoms with E-state index in [2.05, 4.69) is 4.83 Å². The Hall–Kier alpha value is -1.18. The van der Waals surface area contributed by atoms with E-state index >= 15 is 0 Å². The molecule has 0 aliphatic carbocycles. The predicted molar refractivity (Wildman–Crippen MR) is 71.3 cm³/mol. The lowest BCUT2D eigenvalue weighted by Crippen LogP contribution is -2.45. The van der Waals surface area contributed by atoms with E-state index in [4.69, 9.17) is 5.73 Å². The van der Waals surface area contributed by atoms with Crippen molar-refractivity contribution in [2.24, 2.45) is 0 Å². The summed E-state index contributed by atoms with van der Waals surface area (Å²) in [6.45, 7) is 2.93. The maximum atomic E-state index is 13.3. The molecule has 1 aliphatic heterocycles. The summed E-state index contributed by atoms with van der Waals surface area (Å²) >= 11 is 0. The minimum Gasteiger partial charge on any atom is -0.396 e. The highest BCUT2D eigenvalue weighted by molar-refractivity contribution is 7.89. The fraction of sp³-hybridized carbons (Fsp3) is 0.500. The molecule has 0 aromatic heterocycles. The largest absolute Gasteiger partial charge is 0.396 e. The normalized spacial score (nSPS) is 17.6. The zero-order valence-electron chi connectivity index (χ0n) is 10.8. The van der Waals surface area contributed by atoms with Crippen LogP contribution in [-0.4, -0.2) is 26.5 Å². The van der Waals surface area contributed by atoms with Crippen LogP contribution in [0, 0.1) is 12.7 Å². The number of nitrogen functional groups attached to an aromatic ring is 1. The minimum absolute atomic E-state index is 0.0250. The Labute approximate surface area is 112 Å². The van der Waals surface area contributed by atoms with Crippen molar-refractivity contribution in [3.05, 3.63) is 23.5 Å². The number of halogens is 1. The number of hydrogen-bond donors (Lipinski definition) is 2. The van der Waals surface area contributed by atoms with Gasteiger partial charge in [-0.25, -0.2) is 17.8 Å². The van der Waals surface area contributed by atoms with Gasteiger partial charge in [0.2, 0.25) is 0 Å². The van der Waals surface area contributed by atoms with Gasteiger partial charge in [-0.1, -0.05) is 6.42 Å². The Morgan fingerprint density at radius 3 is 2.53 bits per heavy atom. The Bertz CT molecular complexity index is 569. The van der Waals surface area contributed by atoms with Crippen LogP contribution in [0.4, 0.5) is 10.1 Å². The second-order valence-corrected chi connectivity index (χ2v) is 6.41. The van der Waals surface area contributed by atoms with Crippen molar-refractivity contribution >= 4 is 15.7 Å². The van der Waals surface area contributed by atoms with Gasteiger partial charge in [-0.3, -0.25) is 0 Å². The van der Waals surface area contributed by atoms with E-state index in [0.717, 1.165) is 31.4 Å². The smallest absolute Gasteiger partial charge is 0.253 e. The van der Waals surface area contributed by atoms with Gasteiger partial charge < -0.3 is 5.73 Å². The lowest BCUT2D eigenvalue weighted by Gasteiger charge is -2.26. The van der Waals surface area contributed by atoms with Gasteiger partial charge in [0.05, 0.1) is 10.6 Å². The summed E-state index contributed by atoms with van der Waals surface area (Å²) in [5.74, 6) is -0.602. The third kappa shape index (κ3) is 3.23. The molecule has 0 spiro atoms. The molecule has 19 heavy (non-hydrogen) atoms. The second kappa shape index (κ2) is 5.44. The number of nitrogens with two attached hydrogens (primary N) is 1. The highest BCUT2D eigenvalue weighted by Gasteiger charge is 2.22. The van der Waals surface area contributed by atoms with Crippen molar-refractivity contribution in [1.29, 1.82) is 0 Å². The number of piperidine rings is 1. The summed E-state index contributed by atoms with van der Waals surface area (Å²) in [7, 11) is -3.70. The highest BCUT2D eigenvalue weighted by atomic mass is 32.2. The number of nitrogens with one attached hydrogen (secondary N) is 1. The van der Waals surface area contributed by atoms with Gasteiger partial charge in [-0.15, -0.1) is 4.83 Å². The Kier molecular flexibility index (Phi) is 4.07. The second-order valence-electron chi connectivity index (χ2n) is 4.78. The molecule has 0 saturated carbocycles. The summed E-state index contributed by atoms with van der Waals surface area (Å²) in [6.07, 6.45) is 3.04.